The highest BCUT2D eigenvalue weighted by Gasteiger charge is 2.35. The molecule has 0 fully saturated rings. The molecule has 2 aromatic heterocycles. The summed E-state index contributed by atoms with van der Waals surface area (Å²) in [5, 5.41) is 44.1. The van der Waals surface area contributed by atoms with E-state index in [0.29, 0.717) is 61.5 Å². The van der Waals surface area contributed by atoms with Gasteiger partial charge in [0.25, 0.3) is 0 Å². The average Bonchev–Trinajstić information content (AvgIpc) is 1.99. The molecule has 479 valence electrons. The van der Waals surface area contributed by atoms with Gasteiger partial charge < -0.3 is 43.6 Å². The summed E-state index contributed by atoms with van der Waals surface area (Å²) >= 11 is 28.1. The topological polar surface area (TPSA) is 222 Å². The van der Waals surface area contributed by atoms with Gasteiger partial charge in [-0.3, -0.25) is 0 Å². The third-order valence-electron chi connectivity index (χ3n) is 10.7. The lowest BCUT2D eigenvalue weighted by molar-refractivity contribution is -0.275. The number of ether oxygens (including phenoxy) is 5. The second kappa shape index (κ2) is 31.9. The first-order valence-corrected chi connectivity index (χ1v) is 28.1. The summed E-state index contributed by atoms with van der Waals surface area (Å²) in [6.07, 6.45) is -19.2. The van der Waals surface area contributed by atoms with Crippen molar-refractivity contribution >= 4 is 105 Å². The fraction of sp³-hybridized carbons (Fsp3) is 0.111. The Morgan fingerprint density at radius 1 is 0.538 bits per heavy atom. The molecule has 0 aliphatic heterocycles. The number of alkyl halides is 12. The fourth-order valence-corrected chi connectivity index (χ4v) is 10.0. The van der Waals surface area contributed by atoms with Crippen molar-refractivity contribution in [2.24, 2.45) is 0 Å². The van der Waals surface area contributed by atoms with Crippen LogP contribution in [0.3, 0.4) is 0 Å². The maximum absolute atomic E-state index is 12.5. The number of nitrogens with zero attached hydrogens (tertiary/aromatic N) is 5. The highest BCUT2D eigenvalue weighted by atomic mass is 79.9. The van der Waals surface area contributed by atoms with Gasteiger partial charge in [0, 0.05) is 20.3 Å². The molecule has 9 aromatic rings. The van der Waals surface area contributed by atoms with E-state index in [9.17, 15) is 67.4 Å². The molecular weight excluding hydrogens is 1430 g/mol. The molecule has 0 spiro atoms. The molecule has 0 aliphatic rings. The summed E-state index contributed by atoms with van der Waals surface area (Å²) in [4.78, 5) is 24.2. The molecule has 91 heavy (non-hydrogen) atoms. The molecule has 0 bridgehead atoms. The SMILES string of the molecule is COc1ccc(Cn2nnc(C(=O)O)c2Sc2ccc(-c3ccc(OC(F)(F)F)c(Cl)c3)cc2)cc1.FC(F)(F)Oc1ccc(Br)cc1Cl.O=C(O)c1n[nH]nc1Sc1ccc(-c2ccc(OC(F)(F)F)c(Cl)c2)cc1.O[B]Oc1ccc(OC(F)(F)F)c(Cl)c1. The van der Waals surface area contributed by atoms with Gasteiger partial charge in [-0.1, -0.05) is 140 Å². The van der Waals surface area contributed by atoms with E-state index in [0.717, 1.165) is 47.7 Å². The molecule has 1 radical (unpaired) electrons. The van der Waals surface area contributed by atoms with Crippen molar-refractivity contribution in [2.75, 3.05) is 7.11 Å². The summed E-state index contributed by atoms with van der Waals surface area (Å²) in [7, 11) is 1.95. The van der Waals surface area contributed by atoms with Crippen molar-refractivity contribution in [2.45, 2.75) is 51.8 Å². The maximum Gasteiger partial charge on any atom is 0.573 e. The molecule has 7 aromatic carbocycles. The first-order chi connectivity index (χ1) is 42.7. The molecule has 2 heterocycles. The second-order valence-electron chi connectivity index (χ2n) is 17.0. The zero-order valence-corrected chi connectivity index (χ0v) is 51.0. The van der Waals surface area contributed by atoms with Crippen molar-refractivity contribution in [3.8, 4) is 56.8 Å². The Balaban J connectivity index is 0.000000209. The first kappa shape index (κ1) is 72.2. The van der Waals surface area contributed by atoms with Crippen LogP contribution in [-0.4, -0.2) is 97.8 Å². The van der Waals surface area contributed by atoms with Gasteiger partial charge in [-0.2, -0.15) is 5.21 Å². The summed E-state index contributed by atoms with van der Waals surface area (Å²) in [6, 6.07) is 36.2. The smallest absolute Gasteiger partial charge is 0.537 e. The Labute approximate surface area is 541 Å². The Bertz CT molecular complexity index is 3940. The van der Waals surface area contributed by atoms with Crippen LogP contribution in [-0.2, 0) is 6.54 Å². The van der Waals surface area contributed by atoms with Crippen LogP contribution in [0.1, 0.15) is 26.5 Å². The van der Waals surface area contributed by atoms with E-state index in [2.05, 4.69) is 65.3 Å². The molecule has 0 aliphatic carbocycles. The Kier molecular flexibility index (Phi) is 25.3. The largest absolute Gasteiger partial charge is 0.573 e. The van der Waals surface area contributed by atoms with Gasteiger partial charge in [0.2, 0.25) is 11.4 Å². The Hall–Kier alpha value is -7.92. The number of carboxylic acids is 2. The van der Waals surface area contributed by atoms with Crippen molar-refractivity contribution in [1.82, 2.24) is 30.4 Å². The molecule has 0 saturated carbocycles. The minimum absolute atomic E-state index is 0.0910. The first-order valence-electron chi connectivity index (χ1n) is 24.2. The summed E-state index contributed by atoms with van der Waals surface area (Å²) < 4.78 is 172. The van der Waals surface area contributed by atoms with E-state index in [4.69, 9.17) is 61.3 Å². The number of carboxylic acid groups (broad SMARTS) is 2. The number of benzene rings is 7. The standard InChI is InChI=1S/C24H17ClF3N3O4S.C16H9ClF3N3O3S.C7H4BClF3O3.C7H3BrClF3O/c1-34-17-7-2-14(3-8-17)13-31-22(21(23(32)33)29-30-31)36-18-9-4-15(5-10-18)16-6-11-20(19(25)12-16)35-24(26,27)28;17-11-7-9(3-6-12(11)26-16(18,19)20)8-1-4-10(5-2-8)27-14-13(15(24)25)21-23-22-14;9-5-3-4(15-8-13)1-2-6(5)14-7(10,11)12;8-4-1-2-6(5(9)3-4)13-7(10,11)12/h2-12H,13H2,1H3,(H,32,33);1-7H,(H,24,25)(H,21,22,23);1-3,13H;1-3H. The summed E-state index contributed by atoms with van der Waals surface area (Å²) in [6.45, 7) is 0.301. The van der Waals surface area contributed by atoms with Crippen LogP contribution >= 0.6 is 85.9 Å². The van der Waals surface area contributed by atoms with Gasteiger partial charge in [0.1, 0.15) is 39.5 Å². The van der Waals surface area contributed by atoms with Crippen LogP contribution in [0.4, 0.5) is 52.7 Å². The minimum atomic E-state index is -4.84. The molecule has 0 amide bonds. The number of hydrogen-bond donors (Lipinski definition) is 4. The lowest BCUT2D eigenvalue weighted by atomic mass is 10.1. The number of nitrogens with one attached hydrogen (secondary N) is 1. The average molecular weight is 1470 g/mol. The quantitative estimate of drug-likeness (QED) is 0.0491. The third-order valence-corrected chi connectivity index (χ3v) is 14.4. The number of carbonyl (C=O) groups is 2. The molecule has 4 N–H and O–H groups in total. The van der Waals surface area contributed by atoms with Gasteiger partial charge in [-0.15, -0.1) is 68.0 Å². The lowest BCUT2D eigenvalue weighted by Crippen LogP contribution is -2.17. The number of methoxy groups -OCH3 is 1. The van der Waals surface area contributed by atoms with Gasteiger partial charge in [0.05, 0.1) is 33.7 Å². The van der Waals surface area contributed by atoms with E-state index in [1.54, 1.807) is 67.8 Å². The van der Waals surface area contributed by atoms with Crippen LogP contribution in [0.15, 0.2) is 170 Å². The van der Waals surface area contributed by atoms with Crippen molar-refractivity contribution in [3.63, 3.8) is 0 Å². The monoisotopic (exact) mass is 1460 g/mol. The Morgan fingerprint density at radius 2 is 0.945 bits per heavy atom. The molecule has 0 atom stereocenters. The molecule has 17 nitrogen and oxygen atoms in total. The molecule has 37 heteroatoms. The van der Waals surface area contributed by atoms with E-state index < -0.39 is 60.4 Å². The lowest BCUT2D eigenvalue weighted by Gasteiger charge is -2.12. The van der Waals surface area contributed by atoms with E-state index in [1.807, 2.05) is 12.1 Å². The summed E-state index contributed by atoms with van der Waals surface area (Å²) in [5.41, 5.74) is 3.11. The number of hydrogen-bond acceptors (Lipinski definition) is 15. The second-order valence-corrected chi connectivity index (χ2v) is 21.6. The number of halogens is 17. The van der Waals surface area contributed by atoms with Gasteiger partial charge >= 0.3 is 45.1 Å². The minimum Gasteiger partial charge on any atom is -0.537 e. The van der Waals surface area contributed by atoms with E-state index in [1.165, 1.54) is 58.9 Å². The zero-order chi connectivity index (χ0) is 67.0. The van der Waals surface area contributed by atoms with Crippen LogP contribution in [0.5, 0.6) is 34.5 Å². The maximum atomic E-state index is 12.5. The van der Waals surface area contributed by atoms with E-state index in [-0.39, 0.29) is 42.3 Å². The fourth-order valence-electron chi connectivity index (χ4n) is 6.91. The number of H-pyrrole nitrogens is 1. The van der Waals surface area contributed by atoms with Crippen molar-refractivity contribution < 1.29 is 106 Å². The number of rotatable bonds is 17. The van der Waals surface area contributed by atoms with Crippen LogP contribution in [0.25, 0.3) is 22.3 Å². The van der Waals surface area contributed by atoms with E-state index >= 15 is 0 Å². The molecular formula is C54H33BBrCl4F12N6O11S2. The van der Waals surface area contributed by atoms with Crippen molar-refractivity contribution in [1.29, 1.82) is 0 Å². The van der Waals surface area contributed by atoms with Crippen LogP contribution < -0.4 is 28.3 Å². The third kappa shape index (κ3) is 23.4. The molecule has 9 rings (SSSR count). The molecule has 0 saturated heterocycles. The Morgan fingerprint density at radius 3 is 1.35 bits per heavy atom. The summed E-state index contributed by atoms with van der Waals surface area (Å²) in [5.74, 6) is -3.51. The highest BCUT2D eigenvalue weighted by Crippen LogP contribution is 2.39. The predicted octanol–water partition coefficient (Wildman–Crippen LogP) is 17.4. The molecule has 0 unspecified atom stereocenters. The number of aromatic nitrogens is 6. The number of aromatic amines is 1. The van der Waals surface area contributed by atoms with Gasteiger partial charge in [-0.25, -0.2) is 14.3 Å². The van der Waals surface area contributed by atoms with Gasteiger partial charge in [-0.05, 0) is 119 Å². The normalized spacial score (nSPS) is 11.3. The number of aromatic carboxylic acids is 2. The van der Waals surface area contributed by atoms with Gasteiger partial charge in [0.15, 0.2) is 5.03 Å². The van der Waals surface area contributed by atoms with Crippen LogP contribution in [0, 0.1) is 0 Å². The van der Waals surface area contributed by atoms with Crippen molar-refractivity contribution in [3.05, 3.63) is 187 Å². The predicted molar refractivity (Wildman–Crippen MR) is 310 cm³/mol. The zero-order valence-electron chi connectivity index (χ0n) is 44.7. The highest BCUT2D eigenvalue weighted by molar-refractivity contribution is 9.10. The van der Waals surface area contributed by atoms with Crippen LogP contribution in [0.2, 0.25) is 20.1 Å².